The Labute approximate surface area is 145 Å². The van der Waals surface area contributed by atoms with Gasteiger partial charge in [-0.2, -0.15) is 0 Å². The number of nitrogens with one attached hydrogen (secondary N) is 1. The fourth-order valence-electron chi connectivity index (χ4n) is 3.37. The highest BCUT2D eigenvalue weighted by molar-refractivity contribution is 5.87. The van der Waals surface area contributed by atoms with Gasteiger partial charge in [-0.1, -0.05) is 13.8 Å². The maximum absolute atomic E-state index is 12.8. The highest BCUT2D eigenvalue weighted by Gasteiger charge is 2.29. The zero-order chi connectivity index (χ0) is 17.5. The van der Waals surface area contributed by atoms with Crippen LogP contribution in [0.4, 0.5) is 0 Å². The number of piperazine rings is 1. The molecule has 0 radical (unpaired) electrons. The van der Waals surface area contributed by atoms with E-state index in [-0.39, 0.29) is 17.9 Å². The van der Waals surface area contributed by atoms with Crippen molar-refractivity contribution in [2.75, 3.05) is 39.8 Å². The van der Waals surface area contributed by atoms with Crippen LogP contribution in [-0.2, 0) is 14.3 Å². The predicted octanol–water partition coefficient (Wildman–Crippen LogP) is 1.25. The van der Waals surface area contributed by atoms with Crippen molar-refractivity contribution in [2.45, 2.75) is 58.1 Å². The lowest BCUT2D eigenvalue weighted by atomic mass is 10.0. The van der Waals surface area contributed by atoms with Gasteiger partial charge in [-0.05, 0) is 38.6 Å². The molecular formula is C18H33N3O3. The number of nitrogens with zero attached hydrogens (tertiary/aromatic N) is 2. The third-order valence-corrected chi connectivity index (χ3v) is 4.84. The Hall–Kier alpha value is -1.14. The second-order valence-corrected chi connectivity index (χ2v) is 7.57. The normalized spacial score (nSPS) is 24.0. The van der Waals surface area contributed by atoms with Crippen molar-refractivity contribution in [3.8, 4) is 0 Å². The highest BCUT2D eigenvalue weighted by atomic mass is 16.5. The van der Waals surface area contributed by atoms with E-state index in [0.29, 0.717) is 18.8 Å². The number of ether oxygens (including phenoxy) is 1. The van der Waals surface area contributed by atoms with Crippen molar-refractivity contribution in [1.29, 1.82) is 0 Å². The molecule has 2 aliphatic rings. The minimum atomic E-state index is -0.413. The maximum Gasteiger partial charge on any atom is 0.245 e. The standard InChI is InChI=1S/C18H33N3O3/c1-14(2)12-16(18(23)21-9-7-20(3)8-10-21)19-17(22)13-15-6-4-5-11-24-15/h14-16H,4-13H2,1-3H3,(H,19,22). The molecule has 2 atom stereocenters. The maximum atomic E-state index is 12.8. The molecule has 0 aliphatic carbocycles. The summed E-state index contributed by atoms with van der Waals surface area (Å²) in [5.74, 6) is 0.363. The van der Waals surface area contributed by atoms with Crippen LogP contribution in [0.2, 0.25) is 0 Å². The van der Waals surface area contributed by atoms with E-state index in [1.54, 1.807) is 0 Å². The van der Waals surface area contributed by atoms with Gasteiger partial charge >= 0.3 is 0 Å². The second-order valence-electron chi connectivity index (χ2n) is 7.57. The molecule has 1 N–H and O–H groups in total. The molecule has 6 nitrogen and oxygen atoms in total. The third-order valence-electron chi connectivity index (χ3n) is 4.84. The number of carbonyl (C=O) groups is 2. The van der Waals surface area contributed by atoms with Gasteiger partial charge < -0.3 is 19.9 Å². The topological polar surface area (TPSA) is 61.9 Å². The summed E-state index contributed by atoms with van der Waals surface area (Å²) in [7, 11) is 2.07. The summed E-state index contributed by atoms with van der Waals surface area (Å²) < 4.78 is 5.64. The first-order chi connectivity index (χ1) is 11.5. The first kappa shape index (κ1) is 19.2. The lowest BCUT2D eigenvalue weighted by Crippen LogP contribution is -2.54. The largest absolute Gasteiger partial charge is 0.378 e. The lowest BCUT2D eigenvalue weighted by Gasteiger charge is -2.35. The Balaban J connectivity index is 1.88. The molecule has 2 amide bonds. The van der Waals surface area contributed by atoms with Crippen LogP contribution in [0.15, 0.2) is 0 Å². The van der Waals surface area contributed by atoms with Gasteiger partial charge in [-0.15, -0.1) is 0 Å². The van der Waals surface area contributed by atoms with Gasteiger partial charge in [-0.25, -0.2) is 0 Å². The predicted molar refractivity (Wildman–Crippen MR) is 93.7 cm³/mol. The summed E-state index contributed by atoms with van der Waals surface area (Å²) in [5, 5.41) is 2.98. The molecule has 0 saturated carbocycles. The summed E-state index contributed by atoms with van der Waals surface area (Å²) in [6.07, 6.45) is 4.20. The molecule has 2 fully saturated rings. The minimum Gasteiger partial charge on any atom is -0.378 e. The molecule has 2 aliphatic heterocycles. The van der Waals surface area contributed by atoms with Gasteiger partial charge in [0.25, 0.3) is 0 Å². The van der Waals surface area contributed by atoms with E-state index >= 15 is 0 Å². The van der Waals surface area contributed by atoms with Gasteiger partial charge in [0, 0.05) is 32.8 Å². The van der Waals surface area contributed by atoms with Crippen LogP contribution in [0, 0.1) is 5.92 Å². The zero-order valence-electron chi connectivity index (χ0n) is 15.4. The fraction of sp³-hybridized carbons (Fsp3) is 0.889. The monoisotopic (exact) mass is 339 g/mol. The van der Waals surface area contributed by atoms with E-state index in [2.05, 4.69) is 31.1 Å². The number of hydrogen-bond acceptors (Lipinski definition) is 4. The number of carbonyl (C=O) groups excluding carboxylic acids is 2. The van der Waals surface area contributed by atoms with Crippen molar-refractivity contribution in [1.82, 2.24) is 15.1 Å². The SMILES string of the molecule is CC(C)CC(NC(=O)CC1CCCCO1)C(=O)N1CCN(C)CC1. The van der Waals surface area contributed by atoms with Crippen LogP contribution >= 0.6 is 0 Å². The average Bonchev–Trinajstić information content (AvgIpc) is 2.55. The summed E-state index contributed by atoms with van der Waals surface area (Å²) >= 11 is 0. The first-order valence-electron chi connectivity index (χ1n) is 9.34. The van der Waals surface area contributed by atoms with Crippen molar-refractivity contribution < 1.29 is 14.3 Å². The van der Waals surface area contributed by atoms with Crippen molar-refractivity contribution in [3.05, 3.63) is 0 Å². The van der Waals surface area contributed by atoms with Gasteiger partial charge in [0.2, 0.25) is 11.8 Å². The molecule has 0 aromatic heterocycles. The van der Waals surface area contributed by atoms with Gasteiger partial charge in [0.15, 0.2) is 0 Å². The quantitative estimate of drug-likeness (QED) is 0.791. The van der Waals surface area contributed by atoms with Crippen molar-refractivity contribution >= 4 is 11.8 Å². The minimum absolute atomic E-state index is 0.0113. The summed E-state index contributed by atoms with van der Waals surface area (Å²) in [5.41, 5.74) is 0. The molecule has 2 heterocycles. The Morgan fingerprint density at radius 3 is 2.46 bits per heavy atom. The number of likely N-dealkylation sites (N-methyl/N-ethyl adjacent to an activating group) is 1. The molecule has 6 heteroatoms. The zero-order valence-corrected chi connectivity index (χ0v) is 15.4. The highest BCUT2D eigenvalue weighted by Crippen LogP contribution is 2.16. The van der Waals surface area contributed by atoms with Crippen LogP contribution in [0.25, 0.3) is 0 Å². The first-order valence-corrected chi connectivity index (χ1v) is 9.34. The molecule has 0 aromatic carbocycles. The number of rotatable bonds is 6. The molecule has 0 spiro atoms. The van der Waals surface area contributed by atoms with Crippen LogP contribution in [0.1, 0.15) is 46.0 Å². The molecule has 24 heavy (non-hydrogen) atoms. The molecule has 2 unspecified atom stereocenters. The molecule has 2 saturated heterocycles. The fourth-order valence-corrected chi connectivity index (χ4v) is 3.37. The summed E-state index contributed by atoms with van der Waals surface area (Å²) in [6.45, 7) is 8.18. The van der Waals surface area contributed by atoms with Gasteiger partial charge in [0.1, 0.15) is 6.04 Å². The van der Waals surface area contributed by atoms with Crippen LogP contribution in [0.3, 0.4) is 0 Å². The Morgan fingerprint density at radius 2 is 1.88 bits per heavy atom. The Kier molecular flexibility index (Phi) is 7.49. The molecule has 0 bridgehead atoms. The van der Waals surface area contributed by atoms with E-state index in [0.717, 1.165) is 52.0 Å². The summed E-state index contributed by atoms with van der Waals surface area (Å²) in [4.78, 5) is 29.3. The third kappa shape index (κ3) is 6.06. The van der Waals surface area contributed by atoms with E-state index < -0.39 is 6.04 Å². The van der Waals surface area contributed by atoms with E-state index in [1.165, 1.54) is 0 Å². The Morgan fingerprint density at radius 1 is 1.17 bits per heavy atom. The van der Waals surface area contributed by atoms with E-state index in [1.807, 2.05) is 4.90 Å². The molecule has 2 rings (SSSR count). The molecule has 138 valence electrons. The lowest BCUT2D eigenvalue weighted by molar-refractivity contribution is -0.139. The van der Waals surface area contributed by atoms with Crippen LogP contribution in [0.5, 0.6) is 0 Å². The van der Waals surface area contributed by atoms with Gasteiger partial charge in [-0.3, -0.25) is 9.59 Å². The van der Waals surface area contributed by atoms with Crippen LogP contribution in [-0.4, -0.2) is 73.6 Å². The molecule has 0 aromatic rings. The smallest absolute Gasteiger partial charge is 0.245 e. The van der Waals surface area contributed by atoms with Crippen molar-refractivity contribution in [3.63, 3.8) is 0 Å². The number of hydrogen-bond donors (Lipinski definition) is 1. The summed E-state index contributed by atoms with van der Waals surface area (Å²) in [6, 6.07) is -0.413. The Bertz CT molecular complexity index is 414. The van der Waals surface area contributed by atoms with Gasteiger partial charge in [0.05, 0.1) is 12.5 Å². The number of amides is 2. The van der Waals surface area contributed by atoms with Crippen molar-refractivity contribution in [2.24, 2.45) is 5.92 Å². The average molecular weight is 339 g/mol. The second kappa shape index (κ2) is 9.37. The molecular weight excluding hydrogens is 306 g/mol. The van der Waals surface area contributed by atoms with E-state index in [4.69, 9.17) is 4.74 Å². The van der Waals surface area contributed by atoms with Crippen LogP contribution < -0.4 is 5.32 Å². The van der Waals surface area contributed by atoms with E-state index in [9.17, 15) is 9.59 Å².